The third-order valence-electron chi connectivity index (χ3n) is 2.63. The molecule has 0 aliphatic heterocycles. The first-order chi connectivity index (χ1) is 7.15. The number of benzene rings is 1. The molecule has 1 aromatic rings. The lowest BCUT2D eigenvalue weighted by Gasteiger charge is -2.16. The van der Waals surface area contributed by atoms with Gasteiger partial charge in [-0.1, -0.05) is 38.5 Å². The molecule has 0 spiro atoms. The molecule has 2 unspecified atom stereocenters. The quantitative estimate of drug-likeness (QED) is 0.805. The lowest BCUT2D eigenvalue weighted by molar-refractivity contribution is 0.253. The molecular formula is C13H21NO. The van der Waals surface area contributed by atoms with Crippen LogP contribution in [0.1, 0.15) is 38.8 Å². The summed E-state index contributed by atoms with van der Waals surface area (Å²) in [5.74, 6) is 1.51. The Hall–Kier alpha value is -1.02. The Balaban J connectivity index is 2.67. The molecule has 84 valence electrons. The van der Waals surface area contributed by atoms with E-state index in [4.69, 9.17) is 10.5 Å². The van der Waals surface area contributed by atoms with Crippen molar-refractivity contribution in [3.63, 3.8) is 0 Å². The summed E-state index contributed by atoms with van der Waals surface area (Å²) >= 11 is 0. The molecule has 1 rings (SSSR count). The third kappa shape index (κ3) is 3.56. The molecule has 2 nitrogen and oxygen atoms in total. The molecule has 0 saturated carbocycles. The van der Waals surface area contributed by atoms with Crippen molar-refractivity contribution < 1.29 is 4.74 Å². The maximum absolute atomic E-state index is 5.87. The highest BCUT2D eigenvalue weighted by atomic mass is 16.5. The van der Waals surface area contributed by atoms with Gasteiger partial charge in [0.15, 0.2) is 0 Å². The van der Waals surface area contributed by atoms with Gasteiger partial charge in [0.25, 0.3) is 0 Å². The second-order valence-electron chi connectivity index (χ2n) is 4.15. The molecule has 2 heteroatoms. The Bertz CT molecular complexity index is 296. The van der Waals surface area contributed by atoms with Gasteiger partial charge in [-0.3, -0.25) is 0 Å². The maximum atomic E-state index is 5.87. The van der Waals surface area contributed by atoms with Crippen LogP contribution in [0, 0.1) is 5.92 Å². The molecule has 0 aromatic heterocycles. The number of hydrogen-bond acceptors (Lipinski definition) is 2. The number of rotatable bonds is 5. The fraction of sp³-hybridized carbons (Fsp3) is 0.538. The predicted molar refractivity (Wildman–Crippen MR) is 64.0 cm³/mol. The van der Waals surface area contributed by atoms with Gasteiger partial charge < -0.3 is 10.5 Å². The van der Waals surface area contributed by atoms with Gasteiger partial charge in [-0.2, -0.15) is 0 Å². The van der Waals surface area contributed by atoms with Crippen molar-refractivity contribution >= 4 is 0 Å². The Morgan fingerprint density at radius 3 is 2.53 bits per heavy atom. The van der Waals surface area contributed by atoms with E-state index in [1.807, 2.05) is 31.2 Å². The summed E-state index contributed by atoms with van der Waals surface area (Å²) in [6.45, 7) is 7.10. The van der Waals surface area contributed by atoms with E-state index in [-0.39, 0.29) is 6.04 Å². The molecule has 0 aliphatic rings. The van der Waals surface area contributed by atoms with Gasteiger partial charge >= 0.3 is 0 Å². The second kappa shape index (κ2) is 5.76. The first-order valence-corrected chi connectivity index (χ1v) is 5.62. The lowest BCUT2D eigenvalue weighted by Crippen LogP contribution is -2.11. The summed E-state index contributed by atoms with van der Waals surface area (Å²) in [4.78, 5) is 0. The third-order valence-corrected chi connectivity index (χ3v) is 2.63. The Morgan fingerprint density at radius 1 is 1.27 bits per heavy atom. The van der Waals surface area contributed by atoms with E-state index >= 15 is 0 Å². The average molecular weight is 207 g/mol. The number of para-hydroxylation sites is 1. The molecule has 0 fully saturated rings. The van der Waals surface area contributed by atoms with Crippen LogP contribution in [0.2, 0.25) is 0 Å². The van der Waals surface area contributed by atoms with Crippen LogP contribution < -0.4 is 10.5 Å². The highest BCUT2D eigenvalue weighted by Gasteiger charge is 2.08. The molecule has 15 heavy (non-hydrogen) atoms. The van der Waals surface area contributed by atoms with Crippen molar-refractivity contribution in [3.8, 4) is 5.75 Å². The molecule has 0 heterocycles. The molecule has 1 aromatic carbocycles. The van der Waals surface area contributed by atoms with Crippen LogP contribution >= 0.6 is 0 Å². The highest BCUT2D eigenvalue weighted by Crippen LogP contribution is 2.23. The summed E-state index contributed by atoms with van der Waals surface area (Å²) in [6, 6.07) is 8.02. The summed E-state index contributed by atoms with van der Waals surface area (Å²) in [6.07, 6.45) is 1.14. The van der Waals surface area contributed by atoms with Gasteiger partial charge in [0.2, 0.25) is 0 Å². The molecule has 0 bridgehead atoms. The minimum atomic E-state index is 0.0260. The lowest BCUT2D eigenvalue weighted by atomic mass is 10.1. The van der Waals surface area contributed by atoms with Crippen molar-refractivity contribution in [1.29, 1.82) is 0 Å². The van der Waals surface area contributed by atoms with Gasteiger partial charge in [0.05, 0.1) is 6.61 Å². The number of nitrogens with two attached hydrogens (primary N) is 1. The van der Waals surface area contributed by atoms with Crippen molar-refractivity contribution in [1.82, 2.24) is 0 Å². The minimum Gasteiger partial charge on any atom is -0.493 e. The minimum absolute atomic E-state index is 0.0260. The number of ether oxygens (including phenoxy) is 1. The monoisotopic (exact) mass is 207 g/mol. The van der Waals surface area contributed by atoms with Gasteiger partial charge in [0, 0.05) is 11.6 Å². The van der Waals surface area contributed by atoms with Crippen LogP contribution in [0.5, 0.6) is 5.75 Å². The molecule has 2 N–H and O–H groups in total. The van der Waals surface area contributed by atoms with E-state index in [0.29, 0.717) is 5.92 Å². The SMILES string of the molecule is CCC(C)COc1ccccc1C(C)N. The fourth-order valence-electron chi connectivity index (χ4n) is 1.34. The Morgan fingerprint density at radius 2 is 1.93 bits per heavy atom. The molecule has 0 radical (unpaired) electrons. The molecule has 0 amide bonds. The van der Waals surface area contributed by atoms with Gasteiger partial charge in [-0.05, 0) is 18.9 Å². The van der Waals surface area contributed by atoms with Crippen LogP contribution in [0.15, 0.2) is 24.3 Å². The van der Waals surface area contributed by atoms with E-state index in [1.165, 1.54) is 0 Å². The smallest absolute Gasteiger partial charge is 0.124 e. The Labute approximate surface area is 92.4 Å². The molecule has 0 saturated heterocycles. The van der Waals surface area contributed by atoms with Crippen molar-refractivity contribution in [2.45, 2.75) is 33.2 Å². The van der Waals surface area contributed by atoms with Crippen LogP contribution in [-0.4, -0.2) is 6.61 Å². The normalized spacial score (nSPS) is 14.7. The molecular weight excluding hydrogens is 186 g/mol. The van der Waals surface area contributed by atoms with E-state index in [9.17, 15) is 0 Å². The van der Waals surface area contributed by atoms with E-state index < -0.39 is 0 Å². The topological polar surface area (TPSA) is 35.2 Å². The zero-order valence-corrected chi connectivity index (χ0v) is 9.86. The highest BCUT2D eigenvalue weighted by molar-refractivity contribution is 5.35. The van der Waals surface area contributed by atoms with Crippen LogP contribution in [0.25, 0.3) is 0 Å². The van der Waals surface area contributed by atoms with Crippen molar-refractivity contribution in [2.24, 2.45) is 11.7 Å². The second-order valence-corrected chi connectivity index (χ2v) is 4.15. The number of hydrogen-bond donors (Lipinski definition) is 1. The average Bonchev–Trinajstić information content (AvgIpc) is 2.26. The van der Waals surface area contributed by atoms with Crippen LogP contribution in [-0.2, 0) is 0 Å². The van der Waals surface area contributed by atoms with Crippen LogP contribution in [0.3, 0.4) is 0 Å². The van der Waals surface area contributed by atoms with E-state index in [0.717, 1.165) is 24.3 Å². The summed E-state index contributed by atoms with van der Waals surface area (Å²) in [5.41, 5.74) is 6.96. The molecule has 0 aliphatic carbocycles. The first-order valence-electron chi connectivity index (χ1n) is 5.62. The van der Waals surface area contributed by atoms with Gasteiger partial charge in [-0.15, -0.1) is 0 Å². The zero-order chi connectivity index (χ0) is 11.3. The maximum Gasteiger partial charge on any atom is 0.124 e. The van der Waals surface area contributed by atoms with Gasteiger partial charge in [-0.25, -0.2) is 0 Å². The summed E-state index contributed by atoms with van der Waals surface area (Å²) in [5, 5.41) is 0. The van der Waals surface area contributed by atoms with Crippen molar-refractivity contribution in [2.75, 3.05) is 6.61 Å². The fourth-order valence-corrected chi connectivity index (χ4v) is 1.34. The van der Waals surface area contributed by atoms with Crippen LogP contribution in [0.4, 0.5) is 0 Å². The van der Waals surface area contributed by atoms with E-state index in [2.05, 4.69) is 13.8 Å². The first kappa shape index (κ1) is 12.1. The van der Waals surface area contributed by atoms with Gasteiger partial charge in [0.1, 0.15) is 5.75 Å². The molecule has 2 atom stereocenters. The van der Waals surface area contributed by atoms with Crippen molar-refractivity contribution in [3.05, 3.63) is 29.8 Å². The zero-order valence-electron chi connectivity index (χ0n) is 9.86. The standard InChI is InChI=1S/C13H21NO/c1-4-10(2)9-15-13-8-6-5-7-12(13)11(3)14/h5-8,10-11H,4,9,14H2,1-3H3. The predicted octanol–water partition coefficient (Wildman–Crippen LogP) is 3.13. The Kier molecular flexibility index (Phi) is 4.63. The van der Waals surface area contributed by atoms with E-state index in [1.54, 1.807) is 0 Å². The largest absolute Gasteiger partial charge is 0.493 e. The summed E-state index contributed by atoms with van der Waals surface area (Å²) in [7, 11) is 0. The summed E-state index contributed by atoms with van der Waals surface area (Å²) < 4.78 is 5.77.